The lowest BCUT2D eigenvalue weighted by molar-refractivity contribution is -0.137. The average molecular weight is 222 g/mol. The van der Waals surface area contributed by atoms with E-state index in [0.29, 0.717) is 6.42 Å². The second-order valence-electron chi connectivity index (χ2n) is 3.30. The van der Waals surface area contributed by atoms with Crippen molar-refractivity contribution in [1.82, 2.24) is 0 Å². The standard InChI is InChI=1S/C8H16O2.C2H6OS/c1-2-3-4-5-6-7-8(9)10;1-4(2)3/h2-7H2,1H3,(H,9,10);1-2H3. The number of carboxylic acid groups (broad SMARTS) is 1. The molecule has 0 saturated heterocycles. The minimum atomic E-state index is -0.670. The van der Waals surface area contributed by atoms with Crippen molar-refractivity contribution in [3.8, 4) is 0 Å². The predicted octanol–water partition coefficient (Wildman–Crippen LogP) is 2.43. The molecule has 1 N–H and O–H groups in total. The van der Waals surface area contributed by atoms with Gasteiger partial charge in [-0.1, -0.05) is 32.6 Å². The molecule has 0 aliphatic heterocycles. The molecule has 14 heavy (non-hydrogen) atoms. The van der Waals surface area contributed by atoms with Crippen LogP contribution in [0.5, 0.6) is 0 Å². The Morgan fingerprint density at radius 3 is 1.93 bits per heavy atom. The van der Waals surface area contributed by atoms with Gasteiger partial charge in [0.05, 0.1) is 0 Å². The summed E-state index contributed by atoms with van der Waals surface area (Å²) in [7, 11) is -0.611. The Kier molecular flexibility index (Phi) is 14.5. The second kappa shape index (κ2) is 12.6. The van der Waals surface area contributed by atoms with Crippen LogP contribution in [0.3, 0.4) is 0 Å². The van der Waals surface area contributed by atoms with E-state index in [2.05, 4.69) is 6.92 Å². The summed E-state index contributed by atoms with van der Waals surface area (Å²) in [6.45, 7) is 2.15. The molecule has 4 heteroatoms. The van der Waals surface area contributed by atoms with E-state index in [0.717, 1.165) is 12.8 Å². The first-order valence-corrected chi connectivity index (χ1v) is 6.94. The van der Waals surface area contributed by atoms with Gasteiger partial charge in [-0.15, -0.1) is 0 Å². The fraction of sp³-hybridized carbons (Fsp3) is 0.900. The van der Waals surface area contributed by atoms with Crippen molar-refractivity contribution in [3.05, 3.63) is 0 Å². The molecule has 0 amide bonds. The van der Waals surface area contributed by atoms with Gasteiger partial charge in [0, 0.05) is 29.7 Å². The highest BCUT2D eigenvalue weighted by Gasteiger charge is 1.94. The van der Waals surface area contributed by atoms with E-state index in [-0.39, 0.29) is 0 Å². The van der Waals surface area contributed by atoms with Crippen molar-refractivity contribution in [2.45, 2.75) is 45.4 Å². The van der Waals surface area contributed by atoms with E-state index in [1.54, 1.807) is 12.5 Å². The lowest BCUT2D eigenvalue weighted by Crippen LogP contribution is -1.93. The summed E-state index contributed by atoms with van der Waals surface area (Å²) in [5.41, 5.74) is 0. The van der Waals surface area contributed by atoms with Gasteiger partial charge in [-0.2, -0.15) is 0 Å². The van der Waals surface area contributed by atoms with Gasteiger partial charge in [-0.25, -0.2) is 0 Å². The molecule has 86 valence electrons. The summed E-state index contributed by atoms with van der Waals surface area (Å²) < 4.78 is 9.56. The molecular weight excluding hydrogens is 200 g/mol. The third-order valence-corrected chi connectivity index (χ3v) is 1.49. The van der Waals surface area contributed by atoms with Crippen molar-refractivity contribution in [3.63, 3.8) is 0 Å². The molecule has 0 atom stereocenters. The quantitative estimate of drug-likeness (QED) is 0.702. The molecule has 0 aliphatic rings. The average Bonchev–Trinajstić information content (AvgIpc) is 2.02. The predicted molar refractivity (Wildman–Crippen MR) is 61.0 cm³/mol. The Labute approximate surface area is 89.4 Å². The van der Waals surface area contributed by atoms with Crippen LogP contribution in [0.15, 0.2) is 0 Å². The van der Waals surface area contributed by atoms with E-state index in [1.165, 1.54) is 19.3 Å². The topological polar surface area (TPSA) is 54.4 Å². The fourth-order valence-electron chi connectivity index (χ4n) is 0.880. The zero-order chi connectivity index (χ0) is 11.4. The fourth-order valence-corrected chi connectivity index (χ4v) is 0.880. The molecule has 0 aromatic rings. The third kappa shape index (κ3) is 29.9. The van der Waals surface area contributed by atoms with Crippen molar-refractivity contribution in [1.29, 1.82) is 0 Å². The first kappa shape index (κ1) is 16.1. The number of hydrogen-bond donors (Lipinski definition) is 1. The number of carbonyl (C=O) groups is 1. The Morgan fingerprint density at radius 2 is 1.57 bits per heavy atom. The minimum absolute atomic E-state index is 0.337. The van der Waals surface area contributed by atoms with Gasteiger partial charge in [0.15, 0.2) is 0 Å². The number of carboxylic acids is 1. The molecule has 0 aliphatic carbocycles. The van der Waals surface area contributed by atoms with Crippen LogP contribution in [-0.2, 0) is 15.6 Å². The molecule has 0 spiro atoms. The summed E-state index contributed by atoms with van der Waals surface area (Å²) in [4.78, 5) is 10.0. The summed E-state index contributed by atoms with van der Waals surface area (Å²) in [6.07, 6.45) is 9.16. The number of hydrogen-bond acceptors (Lipinski definition) is 2. The van der Waals surface area contributed by atoms with E-state index in [4.69, 9.17) is 5.11 Å². The molecule has 3 nitrogen and oxygen atoms in total. The van der Waals surface area contributed by atoms with Crippen molar-refractivity contribution < 1.29 is 14.1 Å². The SMILES string of the molecule is CCCCCCCC(=O)O.CS(C)=O. The smallest absolute Gasteiger partial charge is 0.303 e. The van der Waals surface area contributed by atoms with Crippen molar-refractivity contribution in [2.75, 3.05) is 12.5 Å². The Hall–Kier alpha value is -0.380. The van der Waals surface area contributed by atoms with Crippen LogP contribution in [0.4, 0.5) is 0 Å². The van der Waals surface area contributed by atoms with E-state index < -0.39 is 16.8 Å². The zero-order valence-corrected chi connectivity index (χ0v) is 10.2. The van der Waals surface area contributed by atoms with Gasteiger partial charge in [0.1, 0.15) is 0 Å². The summed E-state index contributed by atoms with van der Waals surface area (Å²) in [5, 5.41) is 8.27. The maximum absolute atomic E-state index is 10.0. The molecule has 0 bridgehead atoms. The Bertz CT molecular complexity index is 153. The first-order valence-electron chi connectivity index (χ1n) is 4.97. The maximum Gasteiger partial charge on any atom is 0.303 e. The largest absolute Gasteiger partial charge is 0.481 e. The van der Waals surface area contributed by atoms with Gasteiger partial charge in [0.25, 0.3) is 0 Å². The van der Waals surface area contributed by atoms with Gasteiger partial charge in [-0.05, 0) is 6.42 Å². The number of rotatable bonds is 6. The van der Waals surface area contributed by atoms with Gasteiger partial charge >= 0.3 is 5.97 Å². The Morgan fingerprint density at radius 1 is 1.14 bits per heavy atom. The normalized spacial score (nSPS) is 9.43. The molecule has 0 radical (unpaired) electrons. The van der Waals surface area contributed by atoms with Crippen LogP contribution in [0.25, 0.3) is 0 Å². The lowest BCUT2D eigenvalue weighted by atomic mass is 10.1. The van der Waals surface area contributed by atoms with E-state index >= 15 is 0 Å². The molecule has 0 aromatic heterocycles. The third-order valence-electron chi connectivity index (χ3n) is 1.49. The van der Waals surface area contributed by atoms with Gasteiger partial charge in [-0.3, -0.25) is 9.00 Å². The first-order chi connectivity index (χ1) is 6.50. The summed E-state index contributed by atoms with van der Waals surface area (Å²) in [5.74, 6) is -0.670. The van der Waals surface area contributed by atoms with Crippen LogP contribution in [0.2, 0.25) is 0 Å². The monoisotopic (exact) mass is 222 g/mol. The summed E-state index contributed by atoms with van der Waals surface area (Å²) >= 11 is 0. The van der Waals surface area contributed by atoms with Gasteiger partial charge in [0.2, 0.25) is 0 Å². The van der Waals surface area contributed by atoms with Crippen molar-refractivity contribution >= 4 is 16.8 Å². The Balaban J connectivity index is 0. The molecule has 0 unspecified atom stereocenters. The number of aliphatic carboxylic acids is 1. The van der Waals surface area contributed by atoms with Crippen LogP contribution >= 0.6 is 0 Å². The van der Waals surface area contributed by atoms with E-state index in [9.17, 15) is 9.00 Å². The highest BCUT2D eigenvalue weighted by atomic mass is 32.2. The van der Waals surface area contributed by atoms with Crippen molar-refractivity contribution in [2.24, 2.45) is 0 Å². The van der Waals surface area contributed by atoms with E-state index in [1.807, 2.05) is 0 Å². The maximum atomic E-state index is 10.0. The van der Waals surface area contributed by atoms with Crippen LogP contribution < -0.4 is 0 Å². The summed E-state index contributed by atoms with van der Waals surface area (Å²) in [6, 6.07) is 0. The highest BCUT2D eigenvalue weighted by Crippen LogP contribution is 2.04. The second-order valence-corrected chi connectivity index (χ2v) is 4.78. The van der Waals surface area contributed by atoms with Crippen LogP contribution in [0, 0.1) is 0 Å². The van der Waals surface area contributed by atoms with Crippen LogP contribution in [-0.4, -0.2) is 27.8 Å². The van der Waals surface area contributed by atoms with Crippen LogP contribution in [0.1, 0.15) is 45.4 Å². The molecule has 0 heterocycles. The molecule has 0 rings (SSSR count). The molecule has 0 fully saturated rings. The molecule has 0 saturated carbocycles. The highest BCUT2D eigenvalue weighted by molar-refractivity contribution is 7.83. The lowest BCUT2D eigenvalue weighted by Gasteiger charge is -1.95. The minimum Gasteiger partial charge on any atom is -0.481 e. The van der Waals surface area contributed by atoms with Gasteiger partial charge < -0.3 is 5.11 Å². The molecule has 0 aromatic carbocycles. The zero-order valence-electron chi connectivity index (χ0n) is 9.41. The molecular formula is C10H22O3S. The number of unbranched alkanes of at least 4 members (excludes halogenated alkanes) is 4.